The van der Waals surface area contributed by atoms with Crippen LogP contribution in [0, 0.1) is 5.82 Å². The minimum Gasteiger partial charge on any atom is -0.449 e. The number of aromatic nitrogens is 2. The number of hydrogen-bond acceptors (Lipinski definition) is 3. The van der Waals surface area contributed by atoms with Crippen molar-refractivity contribution in [3.63, 3.8) is 0 Å². The van der Waals surface area contributed by atoms with E-state index in [2.05, 4.69) is 4.57 Å². The molecule has 5 rings (SSSR count). The predicted octanol–water partition coefficient (Wildman–Crippen LogP) is 6.47. The molecule has 2 aromatic heterocycles. The summed E-state index contributed by atoms with van der Waals surface area (Å²) < 4.78 is 21.9. The Kier molecular flexibility index (Phi) is 6.10. The summed E-state index contributed by atoms with van der Waals surface area (Å²) in [5.41, 5.74) is 2.48. The number of rotatable bonds is 4. The molecule has 1 amide bonds. The van der Waals surface area contributed by atoms with Gasteiger partial charge in [0, 0.05) is 24.7 Å². The number of halogens is 1. The van der Waals surface area contributed by atoms with E-state index in [1.807, 2.05) is 17.3 Å². The van der Waals surface area contributed by atoms with Crippen molar-refractivity contribution >= 4 is 5.91 Å². The molecule has 2 aliphatic rings. The average Bonchev–Trinajstić information content (AvgIpc) is 3.39. The van der Waals surface area contributed by atoms with Gasteiger partial charge in [0.2, 0.25) is 0 Å². The van der Waals surface area contributed by atoms with Crippen LogP contribution in [0.1, 0.15) is 74.4 Å². The first-order valence-electron chi connectivity index (χ1n) is 11.9. The maximum Gasteiger partial charge on any atom is 0.289 e. The van der Waals surface area contributed by atoms with Crippen LogP contribution in [0.5, 0.6) is 0 Å². The van der Waals surface area contributed by atoms with Crippen LogP contribution in [0.3, 0.4) is 0 Å². The Morgan fingerprint density at radius 3 is 2.31 bits per heavy atom. The molecule has 0 N–H and O–H groups in total. The summed E-state index contributed by atoms with van der Waals surface area (Å²) in [4.78, 5) is 19.7. The second-order valence-electron chi connectivity index (χ2n) is 9.02. The van der Waals surface area contributed by atoms with Crippen LogP contribution in [0.25, 0.3) is 22.7 Å². The average molecular weight is 436 g/mol. The number of benzene rings is 1. The van der Waals surface area contributed by atoms with Crippen LogP contribution in [0.4, 0.5) is 4.39 Å². The largest absolute Gasteiger partial charge is 0.449 e. The lowest BCUT2D eigenvalue weighted by atomic mass is 9.95. The standard InChI is InChI=1S/C26H30FN3O2/c27-20-12-10-19(11-13-20)24-25(30(18-28-24)21-8-4-3-5-9-21)22-14-15-23(32-22)26(31)29-16-6-1-2-7-17-29/h10-15,18,21H,1-9,16-17H2. The van der Waals surface area contributed by atoms with Gasteiger partial charge in [-0.15, -0.1) is 0 Å². The van der Waals surface area contributed by atoms with Gasteiger partial charge in [-0.05, 0) is 62.1 Å². The number of imidazole rings is 1. The number of carbonyl (C=O) groups excluding carboxylic acids is 1. The minimum atomic E-state index is -0.273. The van der Waals surface area contributed by atoms with Crippen LogP contribution in [-0.2, 0) is 0 Å². The normalized spacial score (nSPS) is 18.0. The molecule has 2 fully saturated rings. The van der Waals surface area contributed by atoms with Gasteiger partial charge in [-0.1, -0.05) is 32.1 Å². The third-order valence-corrected chi connectivity index (χ3v) is 6.82. The van der Waals surface area contributed by atoms with Crippen LogP contribution < -0.4 is 0 Å². The third kappa shape index (κ3) is 4.23. The van der Waals surface area contributed by atoms with Crippen molar-refractivity contribution in [3.05, 3.63) is 54.3 Å². The first-order valence-corrected chi connectivity index (χ1v) is 11.9. The molecule has 1 aliphatic carbocycles. The first kappa shape index (κ1) is 21.0. The third-order valence-electron chi connectivity index (χ3n) is 6.82. The van der Waals surface area contributed by atoms with E-state index in [1.54, 1.807) is 18.2 Å². The molecule has 0 unspecified atom stereocenters. The Hall–Kier alpha value is -2.89. The fourth-order valence-electron chi connectivity index (χ4n) is 5.07. The number of amides is 1. The lowest BCUT2D eigenvalue weighted by Gasteiger charge is -2.24. The van der Waals surface area contributed by atoms with E-state index in [0.29, 0.717) is 17.6 Å². The second kappa shape index (κ2) is 9.31. The lowest BCUT2D eigenvalue weighted by Crippen LogP contribution is -2.31. The Balaban J connectivity index is 1.52. The van der Waals surface area contributed by atoms with E-state index in [9.17, 15) is 9.18 Å². The van der Waals surface area contributed by atoms with Gasteiger partial charge in [-0.3, -0.25) is 4.79 Å². The van der Waals surface area contributed by atoms with Gasteiger partial charge in [0.25, 0.3) is 5.91 Å². The van der Waals surface area contributed by atoms with E-state index in [4.69, 9.17) is 9.40 Å². The van der Waals surface area contributed by atoms with Crippen molar-refractivity contribution in [1.29, 1.82) is 0 Å². The smallest absolute Gasteiger partial charge is 0.289 e. The molecule has 0 atom stereocenters. The van der Waals surface area contributed by atoms with Gasteiger partial charge in [-0.2, -0.15) is 0 Å². The maximum absolute atomic E-state index is 13.5. The zero-order valence-corrected chi connectivity index (χ0v) is 18.4. The van der Waals surface area contributed by atoms with E-state index in [1.165, 1.54) is 44.2 Å². The van der Waals surface area contributed by atoms with Crippen LogP contribution in [-0.4, -0.2) is 33.4 Å². The molecule has 1 aliphatic heterocycles. The highest BCUT2D eigenvalue weighted by Gasteiger charge is 2.26. The summed E-state index contributed by atoms with van der Waals surface area (Å²) in [5.74, 6) is 0.712. The molecular weight excluding hydrogens is 405 g/mol. The molecule has 1 saturated carbocycles. The zero-order valence-electron chi connectivity index (χ0n) is 18.4. The molecule has 3 heterocycles. The van der Waals surface area contributed by atoms with Gasteiger partial charge >= 0.3 is 0 Å². The number of likely N-dealkylation sites (tertiary alicyclic amines) is 1. The molecule has 5 nitrogen and oxygen atoms in total. The van der Waals surface area contributed by atoms with Crippen molar-refractivity contribution in [3.8, 4) is 22.7 Å². The molecule has 168 valence electrons. The summed E-state index contributed by atoms with van der Waals surface area (Å²) in [6.07, 6.45) is 12.2. The molecule has 1 aromatic carbocycles. The topological polar surface area (TPSA) is 51.3 Å². The quantitative estimate of drug-likeness (QED) is 0.472. The fourth-order valence-corrected chi connectivity index (χ4v) is 5.07. The number of nitrogens with zero attached hydrogens (tertiary/aromatic N) is 3. The van der Waals surface area contributed by atoms with Gasteiger partial charge < -0.3 is 13.9 Å². The monoisotopic (exact) mass is 435 g/mol. The number of hydrogen-bond donors (Lipinski definition) is 0. The zero-order chi connectivity index (χ0) is 21.9. The molecule has 0 radical (unpaired) electrons. The lowest BCUT2D eigenvalue weighted by molar-refractivity contribution is 0.0730. The minimum absolute atomic E-state index is 0.0368. The number of furan rings is 1. The summed E-state index contributed by atoms with van der Waals surface area (Å²) >= 11 is 0. The van der Waals surface area contributed by atoms with Gasteiger partial charge in [-0.25, -0.2) is 9.37 Å². The molecule has 3 aromatic rings. The van der Waals surface area contributed by atoms with E-state index in [0.717, 1.165) is 55.7 Å². The molecule has 32 heavy (non-hydrogen) atoms. The Bertz CT molecular complexity index is 1060. The van der Waals surface area contributed by atoms with Gasteiger partial charge in [0.1, 0.15) is 11.5 Å². The van der Waals surface area contributed by atoms with Crippen molar-refractivity contribution < 1.29 is 13.6 Å². The fraction of sp³-hybridized carbons (Fsp3) is 0.462. The summed E-state index contributed by atoms with van der Waals surface area (Å²) in [6.45, 7) is 1.57. The van der Waals surface area contributed by atoms with E-state index in [-0.39, 0.29) is 11.7 Å². The SMILES string of the molecule is O=C(c1ccc(-c2c(-c3ccc(F)cc3)ncn2C2CCCCC2)o1)N1CCCCCC1. The van der Waals surface area contributed by atoms with Crippen molar-refractivity contribution in [2.45, 2.75) is 63.8 Å². The van der Waals surface area contributed by atoms with E-state index < -0.39 is 0 Å². The summed E-state index contributed by atoms with van der Waals surface area (Å²) in [5, 5.41) is 0. The van der Waals surface area contributed by atoms with Gasteiger partial charge in [0.15, 0.2) is 11.5 Å². The van der Waals surface area contributed by atoms with Crippen molar-refractivity contribution in [2.75, 3.05) is 13.1 Å². The highest BCUT2D eigenvalue weighted by Crippen LogP contribution is 2.38. The molecular formula is C26H30FN3O2. The summed E-state index contributed by atoms with van der Waals surface area (Å²) in [6, 6.07) is 10.4. The predicted molar refractivity (Wildman–Crippen MR) is 122 cm³/mol. The second-order valence-corrected chi connectivity index (χ2v) is 9.02. The van der Waals surface area contributed by atoms with Crippen LogP contribution >= 0.6 is 0 Å². The Morgan fingerprint density at radius 1 is 0.906 bits per heavy atom. The molecule has 0 spiro atoms. The maximum atomic E-state index is 13.5. The Labute approximate surface area is 188 Å². The molecule has 1 saturated heterocycles. The van der Waals surface area contributed by atoms with Gasteiger partial charge in [0.05, 0.1) is 12.0 Å². The van der Waals surface area contributed by atoms with Crippen molar-refractivity contribution in [2.24, 2.45) is 0 Å². The van der Waals surface area contributed by atoms with E-state index >= 15 is 0 Å². The summed E-state index contributed by atoms with van der Waals surface area (Å²) in [7, 11) is 0. The molecule has 6 heteroatoms. The van der Waals surface area contributed by atoms with Crippen molar-refractivity contribution in [1.82, 2.24) is 14.5 Å². The van der Waals surface area contributed by atoms with Crippen LogP contribution in [0.2, 0.25) is 0 Å². The highest BCUT2D eigenvalue weighted by atomic mass is 19.1. The van der Waals surface area contributed by atoms with Crippen LogP contribution in [0.15, 0.2) is 47.1 Å². The number of carbonyl (C=O) groups is 1. The highest BCUT2D eigenvalue weighted by molar-refractivity contribution is 5.92. The first-order chi connectivity index (χ1) is 15.7. The Morgan fingerprint density at radius 2 is 1.59 bits per heavy atom. The molecule has 0 bridgehead atoms.